The number of nitrogens with one attached hydrogen (secondary N) is 1. The van der Waals surface area contributed by atoms with Gasteiger partial charge in [0, 0.05) is 25.7 Å². The maximum atomic E-state index is 8.94. The van der Waals surface area contributed by atoms with E-state index in [-0.39, 0.29) is 5.41 Å². The summed E-state index contributed by atoms with van der Waals surface area (Å²) in [5, 5.41) is 12.7. The molecule has 0 aromatic carbocycles. The van der Waals surface area contributed by atoms with Gasteiger partial charge in [-0.15, -0.1) is 0 Å². The first-order valence-corrected chi connectivity index (χ1v) is 8.05. The van der Waals surface area contributed by atoms with Crippen LogP contribution in [0.2, 0.25) is 0 Å². The average Bonchev–Trinajstić information content (AvgIpc) is 2.43. The molecular formula is C16H34N2O. The zero-order valence-electron chi connectivity index (χ0n) is 13.4. The predicted molar refractivity (Wildman–Crippen MR) is 82.4 cm³/mol. The first kappa shape index (κ1) is 16.9. The Hall–Kier alpha value is -0.120. The molecule has 1 fully saturated rings. The molecule has 0 aromatic rings. The monoisotopic (exact) mass is 270 g/mol. The van der Waals surface area contributed by atoms with Gasteiger partial charge in [0.05, 0.1) is 0 Å². The second-order valence-electron chi connectivity index (χ2n) is 6.96. The van der Waals surface area contributed by atoms with E-state index in [1.807, 2.05) is 0 Å². The zero-order chi connectivity index (χ0) is 14.3. The van der Waals surface area contributed by atoms with Crippen molar-refractivity contribution in [3.05, 3.63) is 0 Å². The highest BCUT2D eigenvalue weighted by atomic mass is 16.2. The summed E-state index contributed by atoms with van der Waals surface area (Å²) in [6, 6.07) is 0.600. The SMILES string of the molecule is CCN1CCCC(C(C)NCC(C)(C)CCCO)C1. The predicted octanol–water partition coefficient (Wildman–Crippen LogP) is 2.50. The van der Waals surface area contributed by atoms with Crippen LogP contribution in [0.5, 0.6) is 0 Å². The number of nitrogens with zero attached hydrogens (tertiary/aromatic N) is 1. The third-order valence-corrected chi connectivity index (χ3v) is 4.61. The van der Waals surface area contributed by atoms with Crippen molar-refractivity contribution < 1.29 is 5.11 Å². The Morgan fingerprint density at radius 3 is 2.79 bits per heavy atom. The molecule has 19 heavy (non-hydrogen) atoms. The van der Waals surface area contributed by atoms with Crippen LogP contribution >= 0.6 is 0 Å². The van der Waals surface area contributed by atoms with Crippen molar-refractivity contribution in [1.82, 2.24) is 10.2 Å². The van der Waals surface area contributed by atoms with Crippen LogP contribution in [0, 0.1) is 11.3 Å². The van der Waals surface area contributed by atoms with Gasteiger partial charge in [-0.1, -0.05) is 20.8 Å². The highest BCUT2D eigenvalue weighted by molar-refractivity contribution is 4.82. The first-order valence-electron chi connectivity index (χ1n) is 8.05. The third-order valence-electron chi connectivity index (χ3n) is 4.61. The lowest BCUT2D eigenvalue weighted by Crippen LogP contribution is -2.46. The van der Waals surface area contributed by atoms with Crippen molar-refractivity contribution in [2.24, 2.45) is 11.3 Å². The van der Waals surface area contributed by atoms with Gasteiger partial charge in [0.15, 0.2) is 0 Å². The van der Waals surface area contributed by atoms with E-state index in [0.717, 1.165) is 25.3 Å². The molecule has 3 nitrogen and oxygen atoms in total. The van der Waals surface area contributed by atoms with Gasteiger partial charge in [-0.2, -0.15) is 0 Å². The fourth-order valence-electron chi connectivity index (χ4n) is 3.04. The van der Waals surface area contributed by atoms with E-state index >= 15 is 0 Å². The second kappa shape index (κ2) is 8.23. The van der Waals surface area contributed by atoms with Gasteiger partial charge in [0.1, 0.15) is 0 Å². The molecule has 2 unspecified atom stereocenters. The molecule has 1 saturated heterocycles. The molecule has 1 aliphatic heterocycles. The van der Waals surface area contributed by atoms with E-state index in [9.17, 15) is 0 Å². The fourth-order valence-corrected chi connectivity index (χ4v) is 3.04. The average molecular weight is 270 g/mol. The minimum atomic E-state index is 0.288. The number of rotatable bonds is 8. The quantitative estimate of drug-likeness (QED) is 0.711. The topological polar surface area (TPSA) is 35.5 Å². The molecule has 0 spiro atoms. The summed E-state index contributed by atoms with van der Waals surface area (Å²) in [6.45, 7) is 14.3. The maximum absolute atomic E-state index is 8.94. The van der Waals surface area contributed by atoms with Crippen LogP contribution in [0.1, 0.15) is 53.4 Å². The molecule has 1 aliphatic rings. The minimum absolute atomic E-state index is 0.288. The third kappa shape index (κ3) is 6.24. The number of hydrogen-bond donors (Lipinski definition) is 2. The minimum Gasteiger partial charge on any atom is -0.396 e. The fraction of sp³-hybridized carbons (Fsp3) is 1.00. The lowest BCUT2D eigenvalue weighted by molar-refractivity contribution is 0.149. The van der Waals surface area contributed by atoms with E-state index in [2.05, 4.69) is 37.9 Å². The lowest BCUT2D eigenvalue weighted by atomic mass is 9.86. The lowest BCUT2D eigenvalue weighted by Gasteiger charge is -2.37. The summed E-state index contributed by atoms with van der Waals surface area (Å²) >= 11 is 0. The van der Waals surface area contributed by atoms with Crippen LogP contribution in [0.4, 0.5) is 0 Å². The number of likely N-dealkylation sites (tertiary alicyclic amines) is 1. The maximum Gasteiger partial charge on any atom is 0.0431 e. The Kier molecular flexibility index (Phi) is 7.33. The molecule has 3 heteroatoms. The van der Waals surface area contributed by atoms with Gasteiger partial charge >= 0.3 is 0 Å². The molecular weight excluding hydrogens is 236 g/mol. The summed E-state index contributed by atoms with van der Waals surface area (Å²) in [4.78, 5) is 2.57. The van der Waals surface area contributed by atoms with Crippen LogP contribution in [0.25, 0.3) is 0 Å². The van der Waals surface area contributed by atoms with Crippen LogP contribution in [-0.2, 0) is 0 Å². The van der Waals surface area contributed by atoms with E-state index < -0.39 is 0 Å². The van der Waals surface area contributed by atoms with E-state index in [1.54, 1.807) is 0 Å². The zero-order valence-corrected chi connectivity index (χ0v) is 13.4. The Balaban J connectivity index is 2.31. The number of aliphatic hydroxyl groups excluding tert-OH is 1. The van der Waals surface area contributed by atoms with Crippen molar-refractivity contribution in [3.63, 3.8) is 0 Å². The Labute approximate surface area is 119 Å². The molecule has 114 valence electrons. The van der Waals surface area contributed by atoms with E-state index in [0.29, 0.717) is 12.6 Å². The highest BCUT2D eigenvalue weighted by Crippen LogP contribution is 2.23. The van der Waals surface area contributed by atoms with Crippen molar-refractivity contribution in [2.45, 2.75) is 59.4 Å². The number of hydrogen-bond acceptors (Lipinski definition) is 3. The van der Waals surface area contributed by atoms with Gasteiger partial charge < -0.3 is 15.3 Å². The Bertz CT molecular complexity index is 243. The van der Waals surface area contributed by atoms with Gasteiger partial charge in [-0.25, -0.2) is 0 Å². The van der Waals surface area contributed by atoms with Crippen LogP contribution in [-0.4, -0.2) is 48.8 Å². The van der Waals surface area contributed by atoms with Gasteiger partial charge in [0.25, 0.3) is 0 Å². The number of piperidine rings is 1. The Morgan fingerprint density at radius 2 is 2.16 bits per heavy atom. The molecule has 0 amide bonds. The normalized spacial score (nSPS) is 23.5. The van der Waals surface area contributed by atoms with Crippen LogP contribution in [0.3, 0.4) is 0 Å². The summed E-state index contributed by atoms with van der Waals surface area (Å²) in [5.74, 6) is 0.794. The molecule has 0 radical (unpaired) electrons. The first-order chi connectivity index (χ1) is 8.98. The van der Waals surface area contributed by atoms with Crippen LogP contribution in [0.15, 0.2) is 0 Å². The molecule has 0 aliphatic carbocycles. The number of aliphatic hydroxyl groups is 1. The standard InChI is InChI=1S/C16H34N2O/c1-5-18-10-6-8-15(12-18)14(2)17-13-16(3,4)9-7-11-19/h14-15,17,19H,5-13H2,1-4H3. The summed E-state index contributed by atoms with van der Waals surface area (Å²) < 4.78 is 0. The largest absolute Gasteiger partial charge is 0.396 e. The van der Waals surface area contributed by atoms with Gasteiger partial charge in [0.2, 0.25) is 0 Å². The highest BCUT2D eigenvalue weighted by Gasteiger charge is 2.25. The van der Waals surface area contributed by atoms with Crippen molar-refractivity contribution in [3.8, 4) is 0 Å². The van der Waals surface area contributed by atoms with E-state index in [4.69, 9.17) is 5.11 Å². The molecule has 2 atom stereocenters. The smallest absolute Gasteiger partial charge is 0.0431 e. The summed E-state index contributed by atoms with van der Waals surface area (Å²) in [5.41, 5.74) is 0.288. The Morgan fingerprint density at radius 1 is 1.42 bits per heavy atom. The van der Waals surface area contributed by atoms with Crippen molar-refractivity contribution in [1.29, 1.82) is 0 Å². The molecule has 1 rings (SSSR count). The van der Waals surface area contributed by atoms with Gasteiger partial charge in [-0.3, -0.25) is 0 Å². The second-order valence-corrected chi connectivity index (χ2v) is 6.96. The van der Waals surface area contributed by atoms with Crippen LogP contribution < -0.4 is 5.32 Å². The molecule has 2 N–H and O–H groups in total. The van der Waals surface area contributed by atoms with Crippen molar-refractivity contribution in [2.75, 3.05) is 32.8 Å². The molecule has 0 bridgehead atoms. The van der Waals surface area contributed by atoms with Gasteiger partial charge in [-0.05, 0) is 57.0 Å². The summed E-state index contributed by atoms with van der Waals surface area (Å²) in [6.07, 6.45) is 4.71. The van der Waals surface area contributed by atoms with E-state index in [1.165, 1.54) is 32.5 Å². The summed E-state index contributed by atoms with van der Waals surface area (Å²) in [7, 11) is 0. The van der Waals surface area contributed by atoms with Crippen molar-refractivity contribution >= 4 is 0 Å². The molecule has 0 aromatic heterocycles. The molecule has 1 heterocycles. The molecule has 0 saturated carbocycles.